The zero-order valence-electron chi connectivity index (χ0n) is 11.2. The lowest BCUT2D eigenvalue weighted by Crippen LogP contribution is -2.51. The van der Waals surface area contributed by atoms with Gasteiger partial charge < -0.3 is 10.8 Å². The highest BCUT2D eigenvalue weighted by atomic mass is 32.2. The van der Waals surface area contributed by atoms with E-state index in [0.29, 0.717) is 12.8 Å². The van der Waals surface area contributed by atoms with Crippen molar-refractivity contribution in [3.05, 3.63) is 17.5 Å². The van der Waals surface area contributed by atoms with Crippen LogP contribution in [0.1, 0.15) is 37.1 Å². The number of aryl methyl sites for hydroxylation is 2. The van der Waals surface area contributed by atoms with Crippen molar-refractivity contribution in [1.82, 2.24) is 9.97 Å². The third-order valence-corrected chi connectivity index (χ3v) is 4.53. The Morgan fingerprint density at radius 3 is 2.68 bits per heavy atom. The molecule has 0 aliphatic heterocycles. The first-order chi connectivity index (χ1) is 8.89. The van der Waals surface area contributed by atoms with Gasteiger partial charge in [-0.3, -0.25) is 4.79 Å². The Bertz CT molecular complexity index is 475. The Labute approximate surface area is 117 Å². The molecule has 3 N–H and O–H groups in total. The minimum absolute atomic E-state index is 0.177. The van der Waals surface area contributed by atoms with Crippen molar-refractivity contribution in [2.75, 3.05) is 0 Å². The Morgan fingerprint density at radius 1 is 1.47 bits per heavy atom. The highest BCUT2D eigenvalue weighted by Crippen LogP contribution is 2.36. The summed E-state index contributed by atoms with van der Waals surface area (Å²) in [5.74, 6) is -0.904. The van der Waals surface area contributed by atoms with Gasteiger partial charge in [0.15, 0.2) is 5.16 Å². The SMILES string of the molecule is Cc1cc(C)nc(SC2CCCC(N)(C(=O)O)C2)n1. The van der Waals surface area contributed by atoms with Crippen LogP contribution < -0.4 is 5.73 Å². The topological polar surface area (TPSA) is 89.1 Å². The van der Waals surface area contributed by atoms with Crippen molar-refractivity contribution >= 4 is 17.7 Å². The molecule has 1 saturated carbocycles. The van der Waals surface area contributed by atoms with E-state index < -0.39 is 11.5 Å². The molecule has 0 spiro atoms. The maximum Gasteiger partial charge on any atom is 0.323 e. The van der Waals surface area contributed by atoms with Gasteiger partial charge in [-0.25, -0.2) is 9.97 Å². The highest BCUT2D eigenvalue weighted by molar-refractivity contribution is 7.99. The second-order valence-corrected chi connectivity index (χ2v) is 6.50. The molecule has 1 aromatic rings. The van der Waals surface area contributed by atoms with E-state index in [1.807, 2.05) is 19.9 Å². The summed E-state index contributed by atoms with van der Waals surface area (Å²) in [5.41, 5.74) is 6.73. The zero-order valence-corrected chi connectivity index (χ0v) is 12.0. The molecule has 1 heterocycles. The molecule has 0 aromatic carbocycles. The maximum atomic E-state index is 11.2. The van der Waals surface area contributed by atoms with E-state index in [9.17, 15) is 9.90 Å². The van der Waals surface area contributed by atoms with E-state index in [1.165, 1.54) is 0 Å². The summed E-state index contributed by atoms with van der Waals surface area (Å²) in [5, 5.41) is 10.1. The Balaban J connectivity index is 2.08. The molecule has 6 heteroatoms. The number of nitrogens with zero attached hydrogens (tertiary/aromatic N) is 2. The first kappa shape index (κ1) is 14.3. The number of rotatable bonds is 3. The lowest BCUT2D eigenvalue weighted by molar-refractivity contribution is -0.144. The fourth-order valence-corrected chi connectivity index (χ4v) is 3.80. The van der Waals surface area contributed by atoms with Crippen molar-refractivity contribution in [3.63, 3.8) is 0 Å². The molecular formula is C13H19N3O2S. The summed E-state index contributed by atoms with van der Waals surface area (Å²) in [6.45, 7) is 3.87. The van der Waals surface area contributed by atoms with Gasteiger partial charge in [0.1, 0.15) is 5.54 Å². The number of aromatic nitrogens is 2. The number of carboxylic acid groups (broad SMARTS) is 1. The van der Waals surface area contributed by atoms with E-state index in [0.717, 1.165) is 29.4 Å². The van der Waals surface area contributed by atoms with E-state index in [4.69, 9.17) is 5.73 Å². The van der Waals surface area contributed by atoms with E-state index in [1.54, 1.807) is 11.8 Å². The molecule has 2 unspecified atom stereocenters. The van der Waals surface area contributed by atoms with Gasteiger partial charge in [0.25, 0.3) is 0 Å². The van der Waals surface area contributed by atoms with Gasteiger partial charge in [-0.05, 0) is 45.6 Å². The summed E-state index contributed by atoms with van der Waals surface area (Å²) in [6, 6.07) is 1.93. The van der Waals surface area contributed by atoms with Crippen LogP contribution in [0.2, 0.25) is 0 Å². The Morgan fingerprint density at radius 2 is 2.11 bits per heavy atom. The fraction of sp³-hybridized carbons (Fsp3) is 0.615. The van der Waals surface area contributed by atoms with Crippen LogP contribution in [0.25, 0.3) is 0 Å². The quantitative estimate of drug-likeness (QED) is 0.823. The smallest absolute Gasteiger partial charge is 0.323 e. The second kappa shape index (κ2) is 5.46. The molecule has 1 fully saturated rings. The zero-order chi connectivity index (χ0) is 14.0. The largest absolute Gasteiger partial charge is 0.480 e. The lowest BCUT2D eigenvalue weighted by atomic mass is 9.82. The van der Waals surface area contributed by atoms with E-state index in [-0.39, 0.29) is 5.25 Å². The number of hydrogen-bond donors (Lipinski definition) is 2. The molecule has 0 amide bonds. The molecule has 2 atom stereocenters. The van der Waals surface area contributed by atoms with Crippen molar-refractivity contribution < 1.29 is 9.90 Å². The van der Waals surface area contributed by atoms with Crippen molar-refractivity contribution in [2.24, 2.45) is 5.73 Å². The molecule has 5 nitrogen and oxygen atoms in total. The molecular weight excluding hydrogens is 262 g/mol. The summed E-state index contributed by atoms with van der Waals surface area (Å²) >= 11 is 1.55. The lowest BCUT2D eigenvalue weighted by Gasteiger charge is -2.33. The molecule has 1 aliphatic rings. The molecule has 2 rings (SSSR count). The molecule has 0 bridgehead atoms. The van der Waals surface area contributed by atoms with Crippen LogP contribution in [0, 0.1) is 13.8 Å². The van der Waals surface area contributed by atoms with E-state index in [2.05, 4.69) is 9.97 Å². The highest BCUT2D eigenvalue weighted by Gasteiger charge is 2.39. The maximum absolute atomic E-state index is 11.2. The number of aliphatic carboxylic acids is 1. The monoisotopic (exact) mass is 281 g/mol. The minimum Gasteiger partial charge on any atom is -0.480 e. The normalized spacial score (nSPS) is 27.2. The predicted octanol–water partition coefficient (Wildman–Crippen LogP) is 1.91. The number of carbonyl (C=O) groups is 1. The molecule has 0 radical (unpaired) electrons. The van der Waals surface area contributed by atoms with Crippen LogP contribution in [0.15, 0.2) is 11.2 Å². The van der Waals surface area contributed by atoms with Gasteiger partial charge in [-0.15, -0.1) is 0 Å². The number of thioether (sulfide) groups is 1. The number of nitrogens with two attached hydrogens (primary N) is 1. The Kier molecular flexibility index (Phi) is 4.10. The first-order valence-corrected chi connectivity index (χ1v) is 7.28. The van der Waals surface area contributed by atoms with Crippen LogP contribution in [0.3, 0.4) is 0 Å². The minimum atomic E-state index is -1.09. The fourth-order valence-electron chi connectivity index (χ4n) is 2.45. The molecule has 104 valence electrons. The van der Waals surface area contributed by atoms with Crippen LogP contribution >= 0.6 is 11.8 Å². The van der Waals surface area contributed by atoms with E-state index >= 15 is 0 Å². The Hall–Kier alpha value is -1.14. The average molecular weight is 281 g/mol. The standard InChI is InChI=1S/C13H19N3O2S/c1-8-6-9(2)16-12(15-8)19-10-4-3-5-13(14,7-10)11(17)18/h6,10H,3-5,7,14H2,1-2H3,(H,17,18). The van der Waals surface area contributed by atoms with Crippen LogP contribution in [0.4, 0.5) is 0 Å². The van der Waals surface area contributed by atoms with Crippen LogP contribution in [0.5, 0.6) is 0 Å². The molecule has 0 saturated heterocycles. The van der Waals surface area contributed by atoms with Crippen LogP contribution in [-0.2, 0) is 4.79 Å². The van der Waals surface area contributed by atoms with Gasteiger partial charge >= 0.3 is 5.97 Å². The van der Waals surface area contributed by atoms with Crippen molar-refractivity contribution in [3.8, 4) is 0 Å². The predicted molar refractivity (Wildman–Crippen MR) is 74.2 cm³/mol. The summed E-state index contributed by atoms with van der Waals surface area (Å²) < 4.78 is 0. The third-order valence-electron chi connectivity index (χ3n) is 3.40. The molecule has 1 aromatic heterocycles. The third kappa shape index (κ3) is 3.45. The second-order valence-electron chi connectivity index (χ2n) is 5.23. The first-order valence-electron chi connectivity index (χ1n) is 6.40. The van der Waals surface area contributed by atoms with Crippen LogP contribution in [-0.4, -0.2) is 31.8 Å². The molecule has 1 aliphatic carbocycles. The average Bonchev–Trinajstić information content (AvgIpc) is 2.27. The van der Waals surface area contributed by atoms with Gasteiger partial charge in [0, 0.05) is 16.6 Å². The van der Waals surface area contributed by atoms with Gasteiger partial charge in [-0.2, -0.15) is 0 Å². The number of carboxylic acids is 1. The van der Waals surface area contributed by atoms with Crippen molar-refractivity contribution in [1.29, 1.82) is 0 Å². The number of hydrogen-bond acceptors (Lipinski definition) is 5. The molecule has 19 heavy (non-hydrogen) atoms. The van der Waals surface area contributed by atoms with Gasteiger partial charge in [0.2, 0.25) is 0 Å². The van der Waals surface area contributed by atoms with Crippen molar-refractivity contribution in [2.45, 2.75) is 55.5 Å². The summed E-state index contributed by atoms with van der Waals surface area (Å²) in [6.07, 6.45) is 2.83. The summed E-state index contributed by atoms with van der Waals surface area (Å²) in [7, 11) is 0. The van der Waals surface area contributed by atoms with Gasteiger partial charge in [-0.1, -0.05) is 11.8 Å². The summed E-state index contributed by atoms with van der Waals surface area (Å²) in [4.78, 5) is 20.0. The van der Waals surface area contributed by atoms with Gasteiger partial charge in [0.05, 0.1) is 0 Å².